The maximum atomic E-state index is 13.7. The topological polar surface area (TPSA) is 57.7 Å². The number of carbonyl (C=O) groups excluding carboxylic acids is 1. The largest absolute Gasteiger partial charge is 0.366 e. The highest BCUT2D eigenvalue weighted by Crippen LogP contribution is 2.20. The Morgan fingerprint density at radius 1 is 1.18 bits per heavy atom. The summed E-state index contributed by atoms with van der Waals surface area (Å²) in [5.41, 5.74) is 0.562. The minimum Gasteiger partial charge on any atom is -0.366 e. The lowest BCUT2D eigenvalue weighted by molar-refractivity contribution is -0.131. The van der Waals surface area contributed by atoms with Crippen LogP contribution in [0.2, 0.25) is 0 Å². The molecule has 1 aromatic carbocycles. The van der Waals surface area contributed by atoms with Gasteiger partial charge in [0.2, 0.25) is 5.91 Å². The van der Waals surface area contributed by atoms with Crippen LogP contribution in [0.5, 0.6) is 0 Å². The molecule has 7 heteroatoms. The number of hydrogen-bond acceptors (Lipinski definition) is 4. The van der Waals surface area contributed by atoms with Crippen LogP contribution in [0.15, 0.2) is 24.3 Å². The lowest BCUT2D eigenvalue weighted by Crippen LogP contribution is -2.49. The number of carbonyl (C=O) groups is 1. The van der Waals surface area contributed by atoms with E-state index in [1.165, 1.54) is 12.3 Å². The standard InChI is InChI=1S/C15H21FN2O3S/c1-22(20,21)12-4-7-15(19)18-10-8-17(9-11-18)14-6-3-2-5-13(14)16/h2-3,5-6H,4,7-12H2,1H3. The second-order valence-corrected chi connectivity index (χ2v) is 7.81. The summed E-state index contributed by atoms with van der Waals surface area (Å²) in [6, 6.07) is 6.61. The van der Waals surface area contributed by atoms with Crippen LogP contribution in [-0.2, 0) is 14.6 Å². The lowest BCUT2D eigenvalue weighted by Gasteiger charge is -2.36. The lowest BCUT2D eigenvalue weighted by atomic mass is 10.2. The quantitative estimate of drug-likeness (QED) is 0.817. The first-order chi connectivity index (χ1) is 10.4. The molecule has 1 amide bonds. The zero-order valence-corrected chi connectivity index (χ0v) is 13.5. The molecule has 22 heavy (non-hydrogen) atoms. The summed E-state index contributed by atoms with van der Waals surface area (Å²) in [7, 11) is -3.02. The first kappa shape index (κ1) is 16.7. The first-order valence-corrected chi connectivity index (χ1v) is 9.38. The van der Waals surface area contributed by atoms with Crippen LogP contribution in [0.25, 0.3) is 0 Å². The number of rotatable bonds is 5. The maximum absolute atomic E-state index is 13.7. The van der Waals surface area contributed by atoms with Crippen molar-refractivity contribution < 1.29 is 17.6 Å². The van der Waals surface area contributed by atoms with Crippen LogP contribution in [-0.4, -0.2) is 57.4 Å². The fourth-order valence-corrected chi connectivity index (χ4v) is 3.22. The summed E-state index contributed by atoms with van der Waals surface area (Å²) in [6.07, 6.45) is 1.77. The molecule has 1 aromatic rings. The van der Waals surface area contributed by atoms with Crippen molar-refractivity contribution in [3.63, 3.8) is 0 Å². The summed E-state index contributed by atoms with van der Waals surface area (Å²) >= 11 is 0. The van der Waals surface area contributed by atoms with Gasteiger partial charge in [0, 0.05) is 38.9 Å². The van der Waals surface area contributed by atoms with Crippen LogP contribution in [0.3, 0.4) is 0 Å². The number of anilines is 1. The Bertz CT molecular complexity index is 625. The van der Waals surface area contributed by atoms with Crippen molar-refractivity contribution in [3.05, 3.63) is 30.1 Å². The third kappa shape index (κ3) is 4.69. The van der Waals surface area contributed by atoms with Crippen LogP contribution in [0.1, 0.15) is 12.8 Å². The molecule has 0 N–H and O–H groups in total. The number of piperazine rings is 1. The Balaban J connectivity index is 1.82. The molecule has 5 nitrogen and oxygen atoms in total. The Morgan fingerprint density at radius 2 is 1.82 bits per heavy atom. The van der Waals surface area contributed by atoms with E-state index in [0.717, 1.165) is 0 Å². The molecule has 122 valence electrons. The molecular weight excluding hydrogens is 307 g/mol. The van der Waals surface area contributed by atoms with E-state index in [1.807, 2.05) is 4.90 Å². The summed E-state index contributed by atoms with van der Waals surface area (Å²) in [4.78, 5) is 15.7. The van der Waals surface area contributed by atoms with Crippen LogP contribution < -0.4 is 4.90 Å². The molecule has 1 aliphatic rings. The number of hydrogen-bond donors (Lipinski definition) is 0. The average Bonchev–Trinajstić information content (AvgIpc) is 2.46. The van der Waals surface area contributed by atoms with E-state index >= 15 is 0 Å². The molecule has 0 radical (unpaired) electrons. The van der Waals surface area contributed by atoms with E-state index in [-0.39, 0.29) is 23.9 Å². The summed E-state index contributed by atoms with van der Waals surface area (Å²) in [5, 5.41) is 0. The van der Waals surface area contributed by atoms with E-state index in [2.05, 4.69) is 0 Å². The minimum absolute atomic E-state index is 0.0307. The minimum atomic E-state index is -3.02. The van der Waals surface area contributed by atoms with Crippen molar-refractivity contribution in [2.45, 2.75) is 12.8 Å². The first-order valence-electron chi connectivity index (χ1n) is 7.32. The Kier molecular flexibility index (Phi) is 5.39. The van der Waals surface area contributed by atoms with Gasteiger partial charge < -0.3 is 9.80 Å². The summed E-state index contributed by atoms with van der Waals surface area (Å²) in [6.45, 7) is 2.23. The second-order valence-electron chi connectivity index (χ2n) is 5.55. The zero-order valence-electron chi connectivity index (χ0n) is 12.7. The predicted molar refractivity (Wildman–Crippen MR) is 84.1 cm³/mol. The third-order valence-corrected chi connectivity index (χ3v) is 4.76. The fourth-order valence-electron chi connectivity index (χ4n) is 2.55. The van der Waals surface area contributed by atoms with Crippen LogP contribution in [0, 0.1) is 5.82 Å². The van der Waals surface area contributed by atoms with Gasteiger partial charge in [-0.15, -0.1) is 0 Å². The highest BCUT2D eigenvalue weighted by Gasteiger charge is 2.22. The van der Waals surface area contributed by atoms with E-state index < -0.39 is 9.84 Å². The summed E-state index contributed by atoms with van der Waals surface area (Å²) < 4.78 is 35.8. The molecule has 1 heterocycles. The zero-order chi connectivity index (χ0) is 16.2. The third-order valence-electron chi connectivity index (χ3n) is 3.73. The van der Waals surface area contributed by atoms with Crippen molar-refractivity contribution >= 4 is 21.4 Å². The van der Waals surface area contributed by atoms with Crippen molar-refractivity contribution in [1.29, 1.82) is 0 Å². The number of sulfone groups is 1. The molecular formula is C15H21FN2O3S. The van der Waals surface area contributed by atoms with Crippen LogP contribution >= 0.6 is 0 Å². The van der Waals surface area contributed by atoms with Crippen molar-refractivity contribution in [3.8, 4) is 0 Å². The Morgan fingerprint density at radius 3 is 2.41 bits per heavy atom. The van der Waals surface area contributed by atoms with Crippen molar-refractivity contribution in [2.24, 2.45) is 0 Å². The molecule has 0 spiro atoms. The van der Waals surface area contributed by atoms with Gasteiger partial charge in [-0.1, -0.05) is 12.1 Å². The summed E-state index contributed by atoms with van der Waals surface area (Å²) in [5.74, 6) is -0.249. The molecule has 1 fully saturated rings. The second kappa shape index (κ2) is 7.09. The molecule has 0 saturated carbocycles. The number of nitrogens with zero attached hydrogens (tertiary/aromatic N) is 2. The van der Waals surface area contributed by atoms with E-state index in [4.69, 9.17) is 0 Å². The van der Waals surface area contributed by atoms with Gasteiger partial charge in [-0.25, -0.2) is 12.8 Å². The van der Waals surface area contributed by atoms with Crippen LogP contribution in [0.4, 0.5) is 10.1 Å². The molecule has 0 aliphatic carbocycles. The molecule has 0 aromatic heterocycles. The molecule has 0 bridgehead atoms. The molecule has 0 unspecified atom stereocenters. The van der Waals surface area contributed by atoms with Gasteiger partial charge in [-0.2, -0.15) is 0 Å². The highest BCUT2D eigenvalue weighted by atomic mass is 32.2. The van der Waals surface area contributed by atoms with E-state index in [9.17, 15) is 17.6 Å². The Hall–Kier alpha value is -1.63. The van der Waals surface area contributed by atoms with E-state index in [1.54, 1.807) is 23.1 Å². The number of amides is 1. The smallest absolute Gasteiger partial charge is 0.222 e. The highest BCUT2D eigenvalue weighted by molar-refractivity contribution is 7.90. The van der Waals surface area contributed by atoms with Gasteiger partial charge >= 0.3 is 0 Å². The van der Waals surface area contributed by atoms with Gasteiger partial charge in [0.25, 0.3) is 0 Å². The molecule has 1 aliphatic heterocycles. The molecule has 0 atom stereocenters. The van der Waals surface area contributed by atoms with Gasteiger partial charge in [-0.05, 0) is 18.6 Å². The normalized spacial score (nSPS) is 15.9. The number of benzene rings is 1. The van der Waals surface area contributed by atoms with Gasteiger partial charge in [0.1, 0.15) is 15.7 Å². The number of halogens is 1. The van der Waals surface area contributed by atoms with Crippen molar-refractivity contribution in [1.82, 2.24) is 4.90 Å². The Labute approximate surface area is 130 Å². The number of para-hydroxylation sites is 1. The van der Waals surface area contributed by atoms with Gasteiger partial charge in [0.05, 0.1) is 11.4 Å². The predicted octanol–water partition coefficient (Wildman–Crippen LogP) is 1.30. The van der Waals surface area contributed by atoms with Crippen molar-refractivity contribution in [2.75, 3.05) is 43.1 Å². The molecule has 2 rings (SSSR count). The SMILES string of the molecule is CS(=O)(=O)CCCC(=O)N1CCN(c2ccccc2F)CC1. The van der Waals surface area contributed by atoms with Gasteiger partial charge in [0.15, 0.2) is 0 Å². The van der Waals surface area contributed by atoms with E-state index in [0.29, 0.717) is 38.3 Å². The maximum Gasteiger partial charge on any atom is 0.222 e. The monoisotopic (exact) mass is 328 g/mol. The molecule has 1 saturated heterocycles. The fraction of sp³-hybridized carbons (Fsp3) is 0.533. The average molecular weight is 328 g/mol. The van der Waals surface area contributed by atoms with Gasteiger partial charge in [-0.3, -0.25) is 4.79 Å².